The van der Waals surface area contributed by atoms with E-state index in [4.69, 9.17) is 5.73 Å². The molecule has 0 bridgehead atoms. The van der Waals surface area contributed by atoms with E-state index < -0.39 is 0 Å². The Balaban J connectivity index is 2.38. The average molecular weight is 160 g/mol. The van der Waals surface area contributed by atoms with Crippen LogP contribution in [0.2, 0.25) is 0 Å². The molecule has 0 spiro atoms. The van der Waals surface area contributed by atoms with Gasteiger partial charge >= 0.3 is 0 Å². The third kappa shape index (κ3) is 1.14. The molecule has 2 rings (SSSR count). The summed E-state index contributed by atoms with van der Waals surface area (Å²) in [6.45, 7) is 3.67. The lowest BCUT2D eigenvalue weighted by molar-refractivity contribution is 0.707. The highest BCUT2D eigenvalue weighted by molar-refractivity contribution is 5.42. The minimum atomic E-state index is -0.126. The Labute approximate surface area is 72.1 Å². The Kier molecular flexibility index (Phi) is 1.51. The fourth-order valence-electron chi connectivity index (χ4n) is 1.23. The van der Waals surface area contributed by atoms with Gasteiger partial charge in [-0.05, 0) is 31.1 Å². The summed E-state index contributed by atoms with van der Waals surface area (Å²) in [5.41, 5.74) is 7.78. The van der Waals surface area contributed by atoms with Gasteiger partial charge in [-0.3, -0.25) is 4.98 Å². The highest BCUT2D eigenvalue weighted by Crippen LogP contribution is 2.41. The maximum Gasteiger partial charge on any atom is 0.0627 e. The molecule has 1 aliphatic carbocycles. The minimum absolute atomic E-state index is 0.126. The third-order valence-corrected chi connectivity index (χ3v) is 2.28. The van der Waals surface area contributed by atoms with Crippen molar-refractivity contribution in [1.82, 2.24) is 4.98 Å². The first-order valence-corrected chi connectivity index (χ1v) is 4.13. The van der Waals surface area contributed by atoms with Gasteiger partial charge in [-0.25, -0.2) is 0 Å². The topological polar surface area (TPSA) is 38.9 Å². The molecule has 62 valence electrons. The fourth-order valence-corrected chi connectivity index (χ4v) is 1.23. The number of hydrogen-bond acceptors (Lipinski definition) is 2. The molecule has 1 fully saturated rings. The van der Waals surface area contributed by atoms with Gasteiger partial charge in [0.05, 0.1) is 16.9 Å². The lowest BCUT2D eigenvalue weighted by Gasteiger charge is -2.07. The molecular weight excluding hydrogens is 148 g/mol. The van der Waals surface area contributed by atoms with Crippen molar-refractivity contribution in [2.24, 2.45) is 5.73 Å². The van der Waals surface area contributed by atoms with Crippen LogP contribution in [0.5, 0.6) is 0 Å². The summed E-state index contributed by atoms with van der Waals surface area (Å²) in [6.07, 6.45) is 3.86. The van der Waals surface area contributed by atoms with E-state index in [9.17, 15) is 0 Å². The van der Waals surface area contributed by atoms with E-state index in [0.29, 0.717) is 0 Å². The summed E-state index contributed by atoms with van der Waals surface area (Å²) in [4.78, 5) is 4.38. The van der Waals surface area contributed by atoms with E-state index in [0.717, 1.165) is 24.2 Å². The van der Waals surface area contributed by atoms with Crippen molar-refractivity contribution in [3.8, 4) is 0 Å². The fraction of sp³-hybridized carbons (Fsp3) is 0.300. The molecule has 2 N–H and O–H groups in total. The first-order valence-electron chi connectivity index (χ1n) is 4.13. The molecule has 1 aliphatic rings. The van der Waals surface area contributed by atoms with Gasteiger partial charge in [0, 0.05) is 0 Å². The van der Waals surface area contributed by atoms with Crippen molar-refractivity contribution in [1.29, 1.82) is 0 Å². The van der Waals surface area contributed by atoms with Crippen molar-refractivity contribution >= 4 is 6.08 Å². The summed E-state index contributed by atoms with van der Waals surface area (Å²) < 4.78 is 0. The van der Waals surface area contributed by atoms with E-state index in [1.807, 2.05) is 18.2 Å². The largest absolute Gasteiger partial charge is 0.320 e. The van der Waals surface area contributed by atoms with Crippen LogP contribution in [0.4, 0.5) is 0 Å². The maximum absolute atomic E-state index is 5.99. The standard InChI is InChI=1S/C10H12N2/c1-2-8-4-3-5-9(12-8)10(11)6-7-10/h2-5H,1,6-7,11H2. The molecule has 0 atom stereocenters. The summed E-state index contributed by atoms with van der Waals surface area (Å²) in [5, 5.41) is 0. The zero-order valence-corrected chi connectivity index (χ0v) is 6.96. The van der Waals surface area contributed by atoms with Crippen molar-refractivity contribution in [2.75, 3.05) is 0 Å². The van der Waals surface area contributed by atoms with Crippen molar-refractivity contribution < 1.29 is 0 Å². The van der Waals surface area contributed by atoms with Gasteiger partial charge in [0.2, 0.25) is 0 Å². The monoisotopic (exact) mass is 160 g/mol. The number of aromatic nitrogens is 1. The Morgan fingerprint density at radius 3 is 2.83 bits per heavy atom. The van der Waals surface area contributed by atoms with Crippen LogP contribution in [0.3, 0.4) is 0 Å². The van der Waals surface area contributed by atoms with Gasteiger partial charge in [-0.15, -0.1) is 0 Å². The van der Waals surface area contributed by atoms with E-state index in [-0.39, 0.29) is 5.54 Å². The molecule has 2 heteroatoms. The highest BCUT2D eigenvalue weighted by Gasteiger charge is 2.41. The molecule has 0 radical (unpaired) electrons. The molecule has 0 aliphatic heterocycles. The lowest BCUT2D eigenvalue weighted by Crippen LogP contribution is -2.20. The molecule has 0 amide bonds. The van der Waals surface area contributed by atoms with Crippen molar-refractivity contribution in [2.45, 2.75) is 18.4 Å². The minimum Gasteiger partial charge on any atom is -0.320 e. The summed E-state index contributed by atoms with van der Waals surface area (Å²) >= 11 is 0. The van der Waals surface area contributed by atoms with Crippen molar-refractivity contribution in [3.63, 3.8) is 0 Å². The van der Waals surface area contributed by atoms with Crippen LogP contribution in [-0.2, 0) is 5.54 Å². The van der Waals surface area contributed by atoms with Gasteiger partial charge in [-0.1, -0.05) is 12.6 Å². The Morgan fingerprint density at radius 2 is 2.25 bits per heavy atom. The maximum atomic E-state index is 5.99. The van der Waals surface area contributed by atoms with Crippen LogP contribution in [0.15, 0.2) is 24.8 Å². The zero-order valence-electron chi connectivity index (χ0n) is 6.96. The average Bonchev–Trinajstić information content (AvgIpc) is 2.85. The number of nitrogens with zero attached hydrogens (tertiary/aromatic N) is 1. The molecule has 1 heterocycles. The lowest BCUT2D eigenvalue weighted by atomic mass is 10.1. The van der Waals surface area contributed by atoms with Crippen LogP contribution in [-0.4, -0.2) is 4.98 Å². The molecular formula is C10H12N2. The van der Waals surface area contributed by atoms with E-state index in [2.05, 4.69) is 11.6 Å². The van der Waals surface area contributed by atoms with Crippen LogP contribution >= 0.6 is 0 Å². The first-order chi connectivity index (χ1) is 5.74. The molecule has 2 nitrogen and oxygen atoms in total. The smallest absolute Gasteiger partial charge is 0.0627 e. The molecule has 0 unspecified atom stereocenters. The quantitative estimate of drug-likeness (QED) is 0.714. The van der Waals surface area contributed by atoms with Gasteiger partial charge < -0.3 is 5.73 Å². The molecule has 1 saturated carbocycles. The van der Waals surface area contributed by atoms with Crippen LogP contribution in [0.25, 0.3) is 6.08 Å². The van der Waals surface area contributed by atoms with E-state index >= 15 is 0 Å². The Bertz CT molecular complexity index is 313. The second-order valence-corrected chi connectivity index (χ2v) is 3.31. The number of rotatable bonds is 2. The second kappa shape index (κ2) is 2.42. The Hall–Kier alpha value is -1.15. The van der Waals surface area contributed by atoms with Crippen LogP contribution < -0.4 is 5.73 Å². The SMILES string of the molecule is C=Cc1cccc(C2(N)CC2)n1. The normalized spacial score (nSPS) is 18.8. The summed E-state index contributed by atoms with van der Waals surface area (Å²) in [7, 11) is 0. The summed E-state index contributed by atoms with van der Waals surface area (Å²) in [5.74, 6) is 0. The van der Waals surface area contributed by atoms with Crippen LogP contribution in [0, 0.1) is 0 Å². The highest BCUT2D eigenvalue weighted by atomic mass is 14.9. The predicted molar refractivity (Wildman–Crippen MR) is 49.4 cm³/mol. The Morgan fingerprint density at radius 1 is 1.50 bits per heavy atom. The number of pyridine rings is 1. The second-order valence-electron chi connectivity index (χ2n) is 3.31. The molecule has 1 aromatic heterocycles. The van der Waals surface area contributed by atoms with Crippen LogP contribution in [0.1, 0.15) is 24.2 Å². The van der Waals surface area contributed by atoms with Gasteiger partial charge in [0.1, 0.15) is 0 Å². The number of nitrogens with two attached hydrogens (primary N) is 1. The molecule has 12 heavy (non-hydrogen) atoms. The molecule has 0 saturated heterocycles. The number of hydrogen-bond donors (Lipinski definition) is 1. The zero-order chi connectivity index (χ0) is 8.60. The van der Waals surface area contributed by atoms with E-state index in [1.54, 1.807) is 6.08 Å². The first kappa shape index (κ1) is 7.50. The summed E-state index contributed by atoms with van der Waals surface area (Å²) in [6, 6.07) is 5.90. The van der Waals surface area contributed by atoms with Gasteiger partial charge in [0.25, 0.3) is 0 Å². The predicted octanol–water partition coefficient (Wildman–Crippen LogP) is 1.67. The van der Waals surface area contributed by atoms with Crippen molar-refractivity contribution in [3.05, 3.63) is 36.2 Å². The van der Waals surface area contributed by atoms with Gasteiger partial charge in [0.15, 0.2) is 0 Å². The molecule has 0 aromatic carbocycles. The molecule has 1 aromatic rings. The van der Waals surface area contributed by atoms with Gasteiger partial charge in [-0.2, -0.15) is 0 Å². The third-order valence-electron chi connectivity index (χ3n) is 2.28. The van der Waals surface area contributed by atoms with E-state index in [1.165, 1.54) is 0 Å².